The van der Waals surface area contributed by atoms with Gasteiger partial charge in [-0.2, -0.15) is 0 Å². The van der Waals surface area contributed by atoms with E-state index in [4.69, 9.17) is 16.0 Å². The number of rotatable bonds is 4. The molecule has 3 fully saturated rings. The fourth-order valence-electron chi connectivity index (χ4n) is 5.70. The lowest BCUT2D eigenvalue weighted by molar-refractivity contribution is 0.157. The van der Waals surface area contributed by atoms with Crippen molar-refractivity contribution in [3.8, 4) is 22.8 Å². The monoisotopic (exact) mass is 488 g/mol. The summed E-state index contributed by atoms with van der Waals surface area (Å²) in [5, 5.41) is 4.59. The van der Waals surface area contributed by atoms with Crippen LogP contribution < -0.4 is 5.32 Å². The molecular weight excluding hydrogens is 467 g/mol. The maximum atomic E-state index is 16.0. The summed E-state index contributed by atoms with van der Waals surface area (Å²) in [7, 11) is 0. The minimum absolute atomic E-state index is 0.110. The van der Waals surface area contributed by atoms with E-state index >= 15 is 4.39 Å². The summed E-state index contributed by atoms with van der Waals surface area (Å²) in [6.07, 6.45) is 9.11. The SMILES string of the molecule is Fc1c(N[C@H]2CC3CCC2CC3)nc(-c2c[nH]c3ncc(Cl)nc23)nc1-c1cc2ccccc2o1. The van der Waals surface area contributed by atoms with E-state index in [1.165, 1.54) is 31.9 Å². The van der Waals surface area contributed by atoms with Crippen LogP contribution >= 0.6 is 11.6 Å². The number of nitrogens with zero attached hydrogens (tertiary/aromatic N) is 4. The summed E-state index contributed by atoms with van der Waals surface area (Å²) in [4.78, 5) is 21.0. The second-order valence-electron chi connectivity index (χ2n) is 9.57. The Labute approximate surface area is 205 Å². The van der Waals surface area contributed by atoms with Gasteiger partial charge in [-0.1, -0.05) is 42.6 Å². The van der Waals surface area contributed by atoms with Crippen LogP contribution in [-0.4, -0.2) is 31.0 Å². The lowest BCUT2D eigenvalue weighted by atomic mass is 9.68. The van der Waals surface area contributed by atoms with Crippen LogP contribution in [-0.2, 0) is 0 Å². The zero-order valence-corrected chi connectivity index (χ0v) is 19.5. The first-order valence-electron chi connectivity index (χ1n) is 12.0. The Morgan fingerprint density at radius 1 is 1.09 bits per heavy atom. The maximum Gasteiger partial charge on any atom is 0.194 e. The lowest BCUT2D eigenvalue weighted by Crippen LogP contribution is -2.40. The molecule has 0 radical (unpaired) electrons. The summed E-state index contributed by atoms with van der Waals surface area (Å²) in [6, 6.07) is 9.59. The first kappa shape index (κ1) is 20.8. The number of H-pyrrole nitrogens is 1. The van der Waals surface area contributed by atoms with E-state index in [0.29, 0.717) is 45.7 Å². The van der Waals surface area contributed by atoms with Crippen molar-refractivity contribution in [3.05, 3.63) is 53.7 Å². The second-order valence-corrected chi connectivity index (χ2v) is 9.95. The summed E-state index contributed by atoms with van der Waals surface area (Å²) >= 11 is 6.11. The van der Waals surface area contributed by atoms with Gasteiger partial charge in [0, 0.05) is 17.6 Å². The predicted octanol–water partition coefficient (Wildman–Crippen LogP) is 6.61. The molecule has 35 heavy (non-hydrogen) atoms. The minimum atomic E-state index is -0.516. The van der Waals surface area contributed by atoms with E-state index in [-0.39, 0.29) is 22.7 Å². The molecule has 4 heterocycles. The molecule has 8 rings (SSSR count). The second kappa shape index (κ2) is 8.02. The largest absolute Gasteiger partial charge is 0.454 e. The summed E-state index contributed by atoms with van der Waals surface area (Å²) in [6.45, 7) is 0. The van der Waals surface area contributed by atoms with E-state index in [0.717, 1.165) is 11.8 Å². The topological polar surface area (TPSA) is 92.5 Å². The Balaban J connectivity index is 1.39. The van der Waals surface area contributed by atoms with E-state index in [9.17, 15) is 0 Å². The van der Waals surface area contributed by atoms with Crippen molar-refractivity contribution in [2.75, 3.05) is 5.32 Å². The molecule has 0 aliphatic heterocycles. The quantitative estimate of drug-likeness (QED) is 0.295. The molecule has 2 N–H and O–H groups in total. The average Bonchev–Trinajstić information content (AvgIpc) is 3.50. The number of hydrogen-bond acceptors (Lipinski definition) is 6. The molecule has 3 saturated carbocycles. The van der Waals surface area contributed by atoms with Gasteiger partial charge in [0.05, 0.1) is 11.8 Å². The zero-order chi connectivity index (χ0) is 23.5. The number of aromatic nitrogens is 5. The normalized spacial score (nSPS) is 21.7. The van der Waals surface area contributed by atoms with Crippen LogP contribution in [0.25, 0.3) is 45.0 Å². The first-order chi connectivity index (χ1) is 17.1. The number of para-hydroxylation sites is 1. The Kier molecular flexibility index (Phi) is 4.77. The number of anilines is 1. The third-order valence-corrected chi connectivity index (χ3v) is 7.65. The number of hydrogen-bond donors (Lipinski definition) is 2. The molecule has 1 atom stereocenters. The highest BCUT2D eigenvalue weighted by molar-refractivity contribution is 6.29. The number of furan rings is 1. The van der Waals surface area contributed by atoms with Crippen molar-refractivity contribution < 1.29 is 8.81 Å². The molecule has 2 bridgehead atoms. The molecule has 1 aromatic carbocycles. The van der Waals surface area contributed by atoms with Gasteiger partial charge in [-0.25, -0.2) is 24.3 Å². The van der Waals surface area contributed by atoms with E-state index < -0.39 is 5.82 Å². The molecule has 0 saturated heterocycles. The molecule has 7 nitrogen and oxygen atoms in total. The fraction of sp³-hybridized carbons (Fsp3) is 0.308. The Bertz CT molecular complexity index is 1540. The van der Waals surface area contributed by atoms with Gasteiger partial charge in [0.15, 0.2) is 28.9 Å². The summed E-state index contributed by atoms with van der Waals surface area (Å²) < 4.78 is 22.0. The minimum Gasteiger partial charge on any atom is -0.454 e. The molecule has 0 unspecified atom stereocenters. The molecular formula is C26H22ClFN6O. The zero-order valence-electron chi connectivity index (χ0n) is 18.8. The maximum absolute atomic E-state index is 16.0. The molecule has 4 aromatic heterocycles. The molecule has 3 aliphatic carbocycles. The van der Waals surface area contributed by atoms with Crippen LogP contribution in [0.2, 0.25) is 5.15 Å². The van der Waals surface area contributed by atoms with Crippen LogP contribution in [0.1, 0.15) is 32.1 Å². The van der Waals surface area contributed by atoms with Crippen LogP contribution in [0, 0.1) is 17.7 Å². The van der Waals surface area contributed by atoms with Crippen LogP contribution in [0.4, 0.5) is 10.2 Å². The Morgan fingerprint density at radius 3 is 2.74 bits per heavy atom. The van der Waals surface area contributed by atoms with E-state index in [2.05, 4.69) is 30.2 Å². The third kappa shape index (κ3) is 3.55. The highest BCUT2D eigenvalue weighted by Gasteiger charge is 2.36. The first-order valence-corrected chi connectivity index (χ1v) is 12.3. The molecule has 0 amide bonds. The van der Waals surface area contributed by atoms with Crippen LogP contribution in [0.5, 0.6) is 0 Å². The Hall–Kier alpha value is -3.52. The highest BCUT2D eigenvalue weighted by Crippen LogP contribution is 2.43. The van der Waals surface area contributed by atoms with Gasteiger partial charge in [0.1, 0.15) is 21.9 Å². The number of nitrogens with one attached hydrogen (secondary N) is 2. The van der Waals surface area contributed by atoms with E-state index in [1.807, 2.05) is 30.3 Å². The van der Waals surface area contributed by atoms with Crippen molar-refractivity contribution in [3.63, 3.8) is 0 Å². The van der Waals surface area contributed by atoms with Gasteiger partial charge in [0.25, 0.3) is 0 Å². The third-order valence-electron chi connectivity index (χ3n) is 7.47. The average molecular weight is 489 g/mol. The van der Waals surface area contributed by atoms with Gasteiger partial charge in [-0.15, -0.1) is 0 Å². The van der Waals surface area contributed by atoms with Crippen LogP contribution in [0.3, 0.4) is 0 Å². The number of halogens is 2. The van der Waals surface area contributed by atoms with Gasteiger partial charge in [-0.3, -0.25) is 0 Å². The smallest absolute Gasteiger partial charge is 0.194 e. The Morgan fingerprint density at radius 2 is 1.94 bits per heavy atom. The van der Waals surface area contributed by atoms with Crippen molar-refractivity contribution >= 4 is 39.6 Å². The molecule has 176 valence electrons. The predicted molar refractivity (Wildman–Crippen MR) is 133 cm³/mol. The number of aromatic amines is 1. The van der Waals surface area contributed by atoms with Crippen LogP contribution in [0.15, 0.2) is 47.1 Å². The molecule has 9 heteroatoms. The summed E-state index contributed by atoms with van der Waals surface area (Å²) in [5.74, 6) is 1.58. The van der Waals surface area contributed by atoms with E-state index in [1.54, 1.807) is 6.20 Å². The van der Waals surface area contributed by atoms with Crippen molar-refractivity contribution in [2.45, 2.75) is 38.1 Å². The molecule has 5 aromatic rings. The number of benzene rings is 1. The molecule has 0 spiro atoms. The van der Waals surface area contributed by atoms with Crippen molar-refractivity contribution in [1.82, 2.24) is 24.9 Å². The van der Waals surface area contributed by atoms with Crippen molar-refractivity contribution in [2.24, 2.45) is 11.8 Å². The van der Waals surface area contributed by atoms with Gasteiger partial charge >= 0.3 is 0 Å². The standard InChI is InChI=1S/C26H22ClFN6O/c27-20-12-30-26-22(32-20)16(11-29-26)24-33-23(19-10-15-3-1-2-4-18(15)35-19)21(28)25(34-24)31-17-9-13-5-7-14(17)8-6-13/h1-4,10-14,17H,5-9H2,(H,29,30)(H,31,33,34)/t13?,14?,17-/m0/s1. The van der Waals surface area contributed by atoms with Crippen molar-refractivity contribution in [1.29, 1.82) is 0 Å². The number of fused-ring (bicyclic) bond motifs is 5. The lowest BCUT2D eigenvalue weighted by Gasteiger charge is -2.42. The van der Waals surface area contributed by atoms with Gasteiger partial charge < -0.3 is 14.7 Å². The highest BCUT2D eigenvalue weighted by atomic mass is 35.5. The van der Waals surface area contributed by atoms with Gasteiger partial charge in [0.2, 0.25) is 0 Å². The fourth-order valence-corrected chi connectivity index (χ4v) is 5.83. The summed E-state index contributed by atoms with van der Waals surface area (Å²) in [5.41, 5.74) is 2.47. The molecule has 3 aliphatic rings. The van der Waals surface area contributed by atoms with Gasteiger partial charge in [-0.05, 0) is 43.2 Å².